The van der Waals surface area contributed by atoms with Crippen LogP contribution >= 0.6 is 11.6 Å². The fourth-order valence-corrected chi connectivity index (χ4v) is 3.34. The first kappa shape index (κ1) is 17.7. The molecule has 1 aliphatic rings. The van der Waals surface area contributed by atoms with E-state index in [1.54, 1.807) is 12.4 Å². The molecular formula is C20H24ClN3O. The van der Waals surface area contributed by atoms with Gasteiger partial charge in [-0.3, -0.25) is 9.78 Å². The normalized spacial score (nSPS) is 17.4. The predicted molar refractivity (Wildman–Crippen MR) is 102 cm³/mol. The number of hydrogen-bond acceptors (Lipinski definition) is 3. The monoisotopic (exact) mass is 357 g/mol. The zero-order valence-electron chi connectivity index (χ0n) is 14.5. The maximum Gasteiger partial charge on any atom is 0.255 e. The van der Waals surface area contributed by atoms with Gasteiger partial charge in [0.05, 0.1) is 11.3 Å². The Morgan fingerprint density at radius 2 is 2.12 bits per heavy atom. The van der Waals surface area contributed by atoms with E-state index in [1.165, 1.54) is 12.0 Å². The summed E-state index contributed by atoms with van der Waals surface area (Å²) in [6.07, 6.45) is 6.59. The molecule has 1 atom stereocenters. The Labute approximate surface area is 154 Å². The molecule has 0 spiro atoms. The second-order valence-electron chi connectivity index (χ2n) is 6.76. The molecule has 5 heteroatoms. The van der Waals surface area contributed by atoms with Gasteiger partial charge in [-0.1, -0.05) is 30.7 Å². The van der Waals surface area contributed by atoms with Gasteiger partial charge in [0.1, 0.15) is 0 Å². The number of amides is 1. The SMILES string of the molecule is CC1CCCN(C(=O)c2cncc(NCCc3ccc(Cl)cc3)c2)C1. The van der Waals surface area contributed by atoms with Crippen LogP contribution in [0.25, 0.3) is 0 Å². The molecule has 1 amide bonds. The molecule has 0 saturated carbocycles. The van der Waals surface area contributed by atoms with E-state index in [4.69, 9.17) is 11.6 Å². The summed E-state index contributed by atoms with van der Waals surface area (Å²) in [6, 6.07) is 9.75. The van der Waals surface area contributed by atoms with E-state index in [2.05, 4.69) is 17.2 Å². The van der Waals surface area contributed by atoms with Crippen molar-refractivity contribution in [3.05, 3.63) is 58.9 Å². The first-order chi connectivity index (χ1) is 12.1. The van der Waals surface area contributed by atoms with E-state index in [0.717, 1.165) is 43.2 Å². The van der Waals surface area contributed by atoms with Gasteiger partial charge in [0.15, 0.2) is 0 Å². The number of aromatic nitrogens is 1. The summed E-state index contributed by atoms with van der Waals surface area (Å²) in [5.74, 6) is 0.659. The minimum absolute atomic E-state index is 0.0837. The van der Waals surface area contributed by atoms with Crippen molar-refractivity contribution in [2.24, 2.45) is 5.92 Å². The topological polar surface area (TPSA) is 45.2 Å². The van der Waals surface area contributed by atoms with Crippen LogP contribution in [0.4, 0.5) is 5.69 Å². The van der Waals surface area contributed by atoms with Crippen LogP contribution in [0.1, 0.15) is 35.7 Å². The third-order valence-electron chi connectivity index (χ3n) is 4.59. The number of hydrogen-bond donors (Lipinski definition) is 1. The highest BCUT2D eigenvalue weighted by atomic mass is 35.5. The molecule has 1 aliphatic heterocycles. The number of benzene rings is 1. The van der Waals surface area contributed by atoms with Crippen molar-refractivity contribution in [1.82, 2.24) is 9.88 Å². The lowest BCUT2D eigenvalue weighted by Gasteiger charge is -2.31. The molecule has 1 fully saturated rings. The number of anilines is 1. The highest BCUT2D eigenvalue weighted by molar-refractivity contribution is 6.30. The summed E-state index contributed by atoms with van der Waals surface area (Å²) >= 11 is 5.90. The number of carbonyl (C=O) groups excluding carboxylic acids is 1. The second kappa shape index (κ2) is 8.34. The summed E-state index contributed by atoms with van der Waals surface area (Å²) in [5, 5.41) is 4.10. The fourth-order valence-electron chi connectivity index (χ4n) is 3.21. The van der Waals surface area contributed by atoms with Gasteiger partial charge >= 0.3 is 0 Å². The van der Waals surface area contributed by atoms with E-state index >= 15 is 0 Å². The molecule has 1 aromatic carbocycles. The van der Waals surface area contributed by atoms with Crippen molar-refractivity contribution in [3.8, 4) is 0 Å². The molecule has 1 saturated heterocycles. The largest absolute Gasteiger partial charge is 0.383 e. The van der Waals surface area contributed by atoms with Crippen LogP contribution in [0, 0.1) is 5.92 Å². The molecule has 4 nitrogen and oxygen atoms in total. The molecule has 2 aromatic rings. The number of nitrogens with one attached hydrogen (secondary N) is 1. The van der Waals surface area contributed by atoms with Gasteiger partial charge in [-0.05, 0) is 48.9 Å². The molecule has 1 unspecified atom stereocenters. The van der Waals surface area contributed by atoms with Crippen LogP contribution in [0.2, 0.25) is 5.02 Å². The van der Waals surface area contributed by atoms with E-state index in [0.29, 0.717) is 11.5 Å². The second-order valence-corrected chi connectivity index (χ2v) is 7.20. The summed E-state index contributed by atoms with van der Waals surface area (Å²) in [4.78, 5) is 18.8. The van der Waals surface area contributed by atoms with Gasteiger partial charge < -0.3 is 10.2 Å². The number of nitrogens with zero attached hydrogens (tertiary/aromatic N) is 2. The van der Waals surface area contributed by atoms with Crippen molar-refractivity contribution in [2.75, 3.05) is 25.0 Å². The van der Waals surface area contributed by atoms with Crippen LogP contribution in [0.15, 0.2) is 42.7 Å². The van der Waals surface area contributed by atoms with E-state index < -0.39 is 0 Å². The van der Waals surface area contributed by atoms with Crippen molar-refractivity contribution in [2.45, 2.75) is 26.2 Å². The average molecular weight is 358 g/mol. The first-order valence-electron chi connectivity index (χ1n) is 8.84. The predicted octanol–water partition coefficient (Wildman–Crippen LogP) is 4.26. The number of likely N-dealkylation sites (tertiary alicyclic amines) is 1. The van der Waals surface area contributed by atoms with Crippen molar-refractivity contribution >= 4 is 23.2 Å². The van der Waals surface area contributed by atoms with Gasteiger partial charge in [0.25, 0.3) is 5.91 Å². The summed E-state index contributed by atoms with van der Waals surface area (Å²) in [6.45, 7) is 4.67. The number of halogens is 1. The standard InChI is InChI=1S/C20H24ClN3O/c1-15-3-2-10-24(14-15)20(25)17-11-19(13-22-12-17)23-9-8-16-4-6-18(21)7-5-16/h4-7,11-13,15,23H,2-3,8-10,14H2,1H3. The Bertz CT molecular complexity index is 717. The maximum absolute atomic E-state index is 12.7. The third kappa shape index (κ3) is 4.95. The minimum atomic E-state index is 0.0837. The molecule has 3 rings (SSSR count). The first-order valence-corrected chi connectivity index (χ1v) is 9.22. The van der Waals surface area contributed by atoms with Crippen LogP contribution in [-0.4, -0.2) is 35.4 Å². The molecule has 0 aliphatic carbocycles. The Kier molecular flexibility index (Phi) is 5.92. The smallest absolute Gasteiger partial charge is 0.255 e. The van der Waals surface area contributed by atoms with Crippen molar-refractivity contribution in [1.29, 1.82) is 0 Å². The van der Waals surface area contributed by atoms with Crippen LogP contribution < -0.4 is 5.32 Å². The Hall–Kier alpha value is -2.07. The zero-order valence-corrected chi connectivity index (χ0v) is 15.3. The summed E-state index contributed by atoms with van der Waals surface area (Å²) in [5.41, 5.74) is 2.76. The Morgan fingerprint density at radius 1 is 1.32 bits per heavy atom. The molecule has 1 aromatic heterocycles. The lowest BCUT2D eigenvalue weighted by molar-refractivity contribution is 0.0682. The number of rotatable bonds is 5. The molecule has 25 heavy (non-hydrogen) atoms. The Morgan fingerprint density at radius 3 is 2.88 bits per heavy atom. The van der Waals surface area contributed by atoms with E-state index in [9.17, 15) is 4.79 Å². The van der Waals surface area contributed by atoms with Crippen LogP contribution in [0.5, 0.6) is 0 Å². The van der Waals surface area contributed by atoms with Crippen molar-refractivity contribution in [3.63, 3.8) is 0 Å². The van der Waals surface area contributed by atoms with Gasteiger partial charge in [-0.2, -0.15) is 0 Å². The van der Waals surface area contributed by atoms with E-state index in [-0.39, 0.29) is 5.91 Å². The molecular weight excluding hydrogens is 334 g/mol. The van der Waals surface area contributed by atoms with Crippen LogP contribution in [0.3, 0.4) is 0 Å². The lowest BCUT2D eigenvalue weighted by atomic mass is 10.00. The van der Waals surface area contributed by atoms with Crippen LogP contribution in [-0.2, 0) is 6.42 Å². The van der Waals surface area contributed by atoms with Gasteiger partial charge in [-0.25, -0.2) is 0 Å². The average Bonchev–Trinajstić information content (AvgIpc) is 2.63. The molecule has 132 valence electrons. The number of carbonyl (C=O) groups is 1. The molecule has 1 N–H and O–H groups in total. The summed E-state index contributed by atoms with van der Waals surface area (Å²) < 4.78 is 0. The van der Waals surface area contributed by atoms with Crippen molar-refractivity contribution < 1.29 is 4.79 Å². The molecule has 0 bridgehead atoms. The number of pyridine rings is 1. The number of piperidine rings is 1. The quantitative estimate of drug-likeness (QED) is 0.869. The Balaban J connectivity index is 1.57. The zero-order chi connectivity index (χ0) is 17.6. The van der Waals surface area contributed by atoms with Gasteiger partial charge in [0.2, 0.25) is 0 Å². The lowest BCUT2D eigenvalue weighted by Crippen LogP contribution is -2.39. The van der Waals surface area contributed by atoms with E-state index in [1.807, 2.05) is 35.2 Å². The maximum atomic E-state index is 12.7. The van der Waals surface area contributed by atoms with Gasteiger partial charge in [0, 0.05) is 37.1 Å². The molecule has 0 radical (unpaired) electrons. The minimum Gasteiger partial charge on any atom is -0.383 e. The summed E-state index contributed by atoms with van der Waals surface area (Å²) in [7, 11) is 0. The molecule has 2 heterocycles. The third-order valence-corrected chi connectivity index (χ3v) is 4.84. The highest BCUT2D eigenvalue weighted by Gasteiger charge is 2.22. The fraction of sp³-hybridized carbons (Fsp3) is 0.400. The highest BCUT2D eigenvalue weighted by Crippen LogP contribution is 2.19. The van der Waals surface area contributed by atoms with Gasteiger partial charge in [-0.15, -0.1) is 0 Å².